The van der Waals surface area contributed by atoms with Crippen LogP contribution in [0.15, 0.2) is 59.4 Å². The fraction of sp³-hybridized carbons (Fsp3) is 0.467. The lowest BCUT2D eigenvalue weighted by Gasteiger charge is -2.32. The molecule has 1 aliphatic carbocycles. The Balaban J connectivity index is 1.50. The van der Waals surface area contributed by atoms with E-state index in [4.69, 9.17) is 0 Å². The number of hydrogen-bond acceptors (Lipinski definition) is 5. The zero-order valence-corrected chi connectivity index (χ0v) is 22.1. The molecule has 7 nitrogen and oxygen atoms in total. The zero-order valence-electron chi connectivity index (χ0n) is 22.1. The van der Waals surface area contributed by atoms with Gasteiger partial charge in [0.05, 0.1) is 17.6 Å². The van der Waals surface area contributed by atoms with E-state index in [9.17, 15) is 4.79 Å². The number of benzene rings is 2. The minimum absolute atomic E-state index is 0.0198. The summed E-state index contributed by atoms with van der Waals surface area (Å²) in [6, 6.07) is 19.2. The van der Waals surface area contributed by atoms with Crippen LogP contribution in [0.4, 0.5) is 0 Å². The highest BCUT2D eigenvalue weighted by molar-refractivity contribution is 5.81. The molecule has 0 aliphatic heterocycles. The molecule has 1 N–H and O–H groups in total. The van der Waals surface area contributed by atoms with Crippen LogP contribution in [0, 0.1) is 6.92 Å². The molecule has 2 aromatic heterocycles. The number of rotatable bonds is 10. The number of hydrogen-bond donors (Lipinski definition) is 1. The Morgan fingerprint density at radius 3 is 2.68 bits per heavy atom. The number of pyridine rings is 1. The molecular formula is C30H38N6O. The van der Waals surface area contributed by atoms with Crippen LogP contribution in [0.1, 0.15) is 86.5 Å². The highest BCUT2D eigenvalue weighted by Crippen LogP contribution is 2.33. The highest BCUT2D eigenvalue weighted by atomic mass is 16.1. The number of nitrogens with one attached hydrogen (secondary N) is 1. The molecule has 1 saturated carbocycles. The van der Waals surface area contributed by atoms with Gasteiger partial charge in [0.2, 0.25) is 0 Å². The molecule has 2 heterocycles. The molecule has 1 atom stereocenters. The molecule has 0 unspecified atom stereocenters. The van der Waals surface area contributed by atoms with Crippen molar-refractivity contribution in [2.75, 3.05) is 6.54 Å². The Morgan fingerprint density at radius 1 is 1.08 bits per heavy atom. The molecule has 7 heteroatoms. The summed E-state index contributed by atoms with van der Waals surface area (Å²) in [4.78, 5) is 18.8. The topological polar surface area (TPSA) is 79.7 Å². The van der Waals surface area contributed by atoms with Gasteiger partial charge < -0.3 is 4.98 Å². The smallest absolute Gasteiger partial charge is 0.252 e. The Hall–Kier alpha value is -3.32. The minimum Gasteiger partial charge on any atom is -0.321 e. The fourth-order valence-electron chi connectivity index (χ4n) is 5.78. The van der Waals surface area contributed by atoms with E-state index in [1.54, 1.807) is 0 Å². The van der Waals surface area contributed by atoms with E-state index in [0.29, 0.717) is 12.6 Å². The third kappa shape index (κ3) is 5.82. The van der Waals surface area contributed by atoms with E-state index in [-0.39, 0.29) is 11.6 Å². The maximum absolute atomic E-state index is 13.2. The average molecular weight is 499 g/mol. The number of fused-ring (bicyclic) bond motifs is 1. The first-order valence-corrected chi connectivity index (χ1v) is 13.8. The predicted octanol–water partition coefficient (Wildman–Crippen LogP) is 5.91. The summed E-state index contributed by atoms with van der Waals surface area (Å²) in [7, 11) is 0. The van der Waals surface area contributed by atoms with E-state index in [0.717, 1.165) is 66.5 Å². The van der Waals surface area contributed by atoms with E-state index in [2.05, 4.69) is 79.5 Å². The van der Waals surface area contributed by atoms with E-state index < -0.39 is 0 Å². The summed E-state index contributed by atoms with van der Waals surface area (Å²) < 4.78 is 2.10. The van der Waals surface area contributed by atoms with Gasteiger partial charge in [-0.25, -0.2) is 4.68 Å². The standard InChI is InChI=1S/C30H38N6O/c1-3-11-27(29-32-33-34-36(29)26-16-8-5-9-17-26)35(19-18-23-13-6-4-7-14-23)21-25-20-24-15-10-12-22(2)28(24)31-30(25)37/h4,6-7,10,12-15,20,26-27H,3,5,8-9,11,16-19,21H2,1-2H3,(H,31,37)/t27-/m1/s1. The molecule has 1 fully saturated rings. The average Bonchev–Trinajstić information content (AvgIpc) is 3.41. The first-order valence-electron chi connectivity index (χ1n) is 13.8. The van der Waals surface area contributed by atoms with Gasteiger partial charge in [-0.1, -0.05) is 81.1 Å². The van der Waals surface area contributed by atoms with Gasteiger partial charge in [-0.05, 0) is 65.6 Å². The van der Waals surface area contributed by atoms with Crippen molar-refractivity contribution >= 4 is 10.9 Å². The van der Waals surface area contributed by atoms with Crippen molar-refractivity contribution in [1.29, 1.82) is 0 Å². The fourth-order valence-corrected chi connectivity index (χ4v) is 5.78. The lowest BCUT2D eigenvalue weighted by atomic mass is 9.95. The molecule has 0 radical (unpaired) electrons. The van der Waals surface area contributed by atoms with Gasteiger partial charge in [0.15, 0.2) is 5.82 Å². The molecule has 194 valence electrons. The first kappa shape index (κ1) is 25.3. The van der Waals surface area contributed by atoms with Crippen molar-refractivity contribution in [3.8, 4) is 0 Å². The number of aryl methyl sites for hydroxylation is 1. The number of tetrazole rings is 1. The van der Waals surface area contributed by atoms with Crippen molar-refractivity contribution < 1.29 is 0 Å². The van der Waals surface area contributed by atoms with Crippen molar-refractivity contribution in [3.05, 3.63) is 87.5 Å². The van der Waals surface area contributed by atoms with Crippen molar-refractivity contribution in [3.63, 3.8) is 0 Å². The lowest BCUT2D eigenvalue weighted by Crippen LogP contribution is -2.35. The molecule has 0 spiro atoms. The van der Waals surface area contributed by atoms with Crippen molar-refractivity contribution in [2.24, 2.45) is 0 Å². The van der Waals surface area contributed by atoms with Crippen LogP contribution in [-0.2, 0) is 13.0 Å². The summed E-state index contributed by atoms with van der Waals surface area (Å²) in [6.07, 6.45) is 8.85. The third-order valence-corrected chi connectivity index (χ3v) is 7.81. The Kier molecular flexibility index (Phi) is 8.09. The largest absolute Gasteiger partial charge is 0.321 e. The molecule has 0 bridgehead atoms. The highest BCUT2D eigenvalue weighted by Gasteiger charge is 2.29. The van der Waals surface area contributed by atoms with Gasteiger partial charge >= 0.3 is 0 Å². The van der Waals surface area contributed by atoms with Crippen molar-refractivity contribution in [1.82, 2.24) is 30.1 Å². The third-order valence-electron chi connectivity index (χ3n) is 7.81. The molecule has 0 amide bonds. The number of nitrogens with zero attached hydrogens (tertiary/aromatic N) is 5. The Bertz CT molecular complexity index is 1360. The summed E-state index contributed by atoms with van der Waals surface area (Å²) in [5.74, 6) is 0.940. The number of aromatic amines is 1. The molecule has 37 heavy (non-hydrogen) atoms. The first-order chi connectivity index (χ1) is 18.1. The lowest BCUT2D eigenvalue weighted by molar-refractivity contribution is 0.160. The summed E-state index contributed by atoms with van der Waals surface area (Å²) in [5.41, 5.74) is 4.05. The van der Waals surface area contributed by atoms with Gasteiger partial charge in [-0.2, -0.15) is 0 Å². The SMILES string of the molecule is CCC[C@H](c1nnnn1C1CCCCC1)N(CCc1ccccc1)Cc1cc2cccc(C)c2[nH]c1=O. The summed E-state index contributed by atoms with van der Waals surface area (Å²) >= 11 is 0. The van der Waals surface area contributed by atoms with Crippen LogP contribution in [0.3, 0.4) is 0 Å². The van der Waals surface area contributed by atoms with Crippen LogP contribution in [0.5, 0.6) is 0 Å². The second-order valence-corrected chi connectivity index (χ2v) is 10.4. The number of aromatic nitrogens is 5. The van der Waals surface area contributed by atoms with Crippen LogP contribution >= 0.6 is 0 Å². The van der Waals surface area contributed by atoms with Gasteiger partial charge in [-0.15, -0.1) is 5.10 Å². The van der Waals surface area contributed by atoms with Crippen LogP contribution in [0.2, 0.25) is 0 Å². The second-order valence-electron chi connectivity index (χ2n) is 10.4. The maximum atomic E-state index is 13.2. The predicted molar refractivity (Wildman–Crippen MR) is 147 cm³/mol. The molecule has 2 aromatic carbocycles. The number of para-hydroxylation sites is 1. The maximum Gasteiger partial charge on any atom is 0.252 e. The monoisotopic (exact) mass is 498 g/mol. The van der Waals surface area contributed by atoms with Gasteiger partial charge in [-0.3, -0.25) is 9.69 Å². The molecule has 0 saturated heterocycles. The van der Waals surface area contributed by atoms with E-state index in [1.807, 2.05) is 19.1 Å². The van der Waals surface area contributed by atoms with Crippen LogP contribution in [0.25, 0.3) is 10.9 Å². The summed E-state index contributed by atoms with van der Waals surface area (Å²) in [6.45, 7) is 5.61. The Morgan fingerprint density at radius 2 is 1.89 bits per heavy atom. The Labute approximate surface area is 218 Å². The second kappa shape index (κ2) is 11.8. The van der Waals surface area contributed by atoms with Crippen LogP contribution < -0.4 is 5.56 Å². The minimum atomic E-state index is -0.0198. The summed E-state index contributed by atoms with van der Waals surface area (Å²) in [5, 5.41) is 14.3. The number of H-pyrrole nitrogens is 1. The van der Waals surface area contributed by atoms with Gasteiger partial charge in [0, 0.05) is 18.7 Å². The normalized spacial score (nSPS) is 15.4. The van der Waals surface area contributed by atoms with Crippen LogP contribution in [-0.4, -0.2) is 36.6 Å². The van der Waals surface area contributed by atoms with E-state index >= 15 is 0 Å². The van der Waals surface area contributed by atoms with Crippen molar-refractivity contribution in [2.45, 2.75) is 83.8 Å². The molecule has 1 aliphatic rings. The molecule has 4 aromatic rings. The van der Waals surface area contributed by atoms with Gasteiger partial charge in [0.25, 0.3) is 5.56 Å². The quantitative estimate of drug-likeness (QED) is 0.294. The zero-order chi connectivity index (χ0) is 25.6. The molecule has 5 rings (SSSR count). The van der Waals surface area contributed by atoms with E-state index in [1.165, 1.54) is 24.8 Å². The van der Waals surface area contributed by atoms with Gasteiger partial charge in [0.1, 0.15) is 0 Å². The molecular weight excluding hydrogens is 460 g/mol.